The third kappa shape index (κ3) is 3.94. The summed E-state index contributed by atoms with van der Waals surface area (Å²) in [7, 11) is -3.08. The Morgan fingerprint density at radius 3 is 2.71 bits per heavy atom. The first-order chi connectivity index (χ1) is 13.4. The summed E-state index contributed by atoms with van der Waals surface area (Å²) < 4.78 is 24.7. The Labute approximate surface area is 163 Å². The number of hydrogen-bond acceptors (Lipinski definition) is 5. The number of nitrogens with one attached hydrogen (secondary N) is 1. The molecule has 1 unspecified atom stereocenters. The van der Waals surface area contributed by atoms with Crippen LogP contribution in [0.3, 0.4) is 0 Å². The molecule has 1 fully saturated rings. The van der Waals surface area contributed by atoms with Crippen LogP contribution in [0.15, 0.2) is 36.4 Å². The lowest BCUT2D eigenvalue weighted by Gasteiger charge is -2.20. The summed E-state index contributed by atoms with van der Waals surface area (Å²) in [5, 5.41) is 7.01. The van der Waals surface area contributed by atoms with Crippen molar-refractivity contribution in [2.24, 2.45) is 0 Å². The van der Waals surface area contributed by atoms with Gasteiger partial charge in [-0.15, -0.1) is 0 Å². The summed E-state index contributed by atoms with van der Waals surface area (Å²) in [5.41, 5.74) is 1.58. The molecular formula is C19H22N4O4S. The summed E-state index contributed by atoms with van der Waals surface area (Å²) >= 11 is 0. The molecule has 0 radical (unpaired) electrons. The van der Waals surface area contributed by atoms with Gasteiger partial charge in [0.1, 0.15) is 5.69 Å². The minimum atomic E-state index is -3.08. The molecule has 0 spiro atoms. The first kappa shape index (κ1) is 18.7. The van der Waals surface area contributed by atoms with Gasteiger partial charge in [-0.1, -0.05) is 30.3 Å². The average molecular weight is 402 g/mol. The second-order valence-corrected chi connectivity index (χ2v) is 9.51. The number of rotatable bonds is 4. The van der Waals surface area contributed by atoms with Gasteiger partial charge in [0.25, 0.3) is 11.8 Å². The maximum atomic E-state index is 13.0. The highest BCUT2D eigenvalue weighted by Gasteiger charge is 2.31. The van der Waals surface area contributed by atoms with E-state index < -0.39 is 21.8 Å². The number of carbonyl (C=O) groups excluding carboxylic acids is 2. The van der Waals surface area contributed by atoms with Gasteiger partial charge in [0.15, 0.2) is 15.5 Å². The highest BCUT2D eigenvalue weighted by molar-refractivity contribution is 7.91. The summed E-state index contributed by atoms with van der Waals surface area (Å²) in [6.07, 6.45) is 1.15. The van der Waals surface area contributed by atoms with Crippen LogP contribution in [0.25, 0.3) is 0 Å². The van der Waals surface area contributed by atoms with Crippen molar-refractivity contribution in [3.63, 3.8) is 0 Å². The maximum absolute atomic E-state index is 13.0. The van der Waals surface area contributed by atoms with Crippen molar-refractivity contribution in [3.8, 4) is 0 Å². The fourth-order valence-corrected chi connectivity index (χ4v) is 5.34. The van der Waals surface area contributed by atoms with E-state index in [4.69, 9.17) is 0 Å². The fourth-order valence-electron chi connectivity index (χ4n) is 3.67. The van der Waals surface area contributed by atoms with E-state index in [9.17, 15) is 18.0 Å². The first-order valence-electron chi connectivity index (χ1n) is 9.34. The van der Waals surface area contributed by atoms with Gasteiger partial charge in [0, 0.05) is 31.7 Å². The number of sulfone groups is 1. The molecule has 4 rings (SSSR count). The second-order valence-electron chi connectivity index (χ2n) is 7.28. The Morgan fingerprint density at radius 2 is 2.00 bits per heavy atom. The molecule has 2 amide bonds. The lowest BCUT2D eigenvalue weighted by atomic mass is 10.2. The number of benzene rings is 1. The zero-order valence-corrected chi connectivity index (χ0v) is 16.2. The largest absolute Gasteiger partial charge is 0.347 e. The van der Waals surface area contributed by atoms with Crippen LogP contribution >= 0.6 is 0 Å². The predicted molar refractivity (Wildman–Crippen MR) is 103 cm³/mol. The van der Waals surface area contributed by atoms with Crippen molar-refractivity contribution < 1.29 is 18.0 Å². The Hall–Kier alpha value is -2.68. The van der Waals surface area contributed by atoms with E-state index in [-0.39, 0.29) is 23.1 Å². The number of hydrogen-bond donors (Lipinski definition) is 1. The van der Waals surface area contributed by atoms with Crippen molar-refractivity contribution in [2.45, 2.75) is 32.0 Å². The van der Waals surface area contributed by atoms with E-state index in [1.807, 2.05) is 30.3 Å². The molecule has 2 aliphatic rings. The van der Waals surface area contributed by atoms with Crippen LogP contribution < -0.4 is 5.32 Å². The van der Waals surface area contributed by atoms with Crippen molar-refractivity contribution in [1.82, 2.24) is 20.0 Å². The third-order valence-corrected chi connectivity index (χ3v) is 6.87. The third-order valence-electron chi connectivity index (χ3n) is 5.10. The van der Waals surface area contributed by atoms with Gasteiger partial charge in [0.2, 0.25) is 0 Å². The summed E-state index contributed by atoms with van der Waals surface area (Å²) in [6, 6.07) is 10.9. The zero-order valence-electron chi connectivity index (χ0n) is 15.4. The number of amides is 2. The van der Waals surface area contributed by atoms with Gasteiger partial charge in [-0.3, -0.25) is 14.3 Å². The molecule has 9 heteroatoms. The SMILES string of the molecule is O=C(NC1CCS(=O)(=O)C1)c1cc2n(n1)CCCN(Cc1ccccc1)C2=O. The molecule has 1 atom stereocenters. The lowest BCUT2D eigenvalue weighted by molar-refractivity contribution is 0.0745. The molecule has 0 saturated carbocycles. The van der Waals surface area contributed by atoms with E-state index >= 15 is 0 Å². The van der Waals surface area contributed by atoms with Gasteiger partial charge in [-0.25, -0.2) is 8.42 Å². The van der Waals surface area contributed by atoms with Crippen molar-refractivity contribution >= 4 is 21.7 Å². The highest BCUT2D eigenvalue weighted by Crippen LogP contribution is 2.17. The second kappa shape index (κ2) is 7.38. The van der Waals surface area contributed by atoms with Gasteiger partial charge in [-0.05, 0) is 18.4 Å². The van der Waals surface area contributed by atoms with E-state index in [2.05, 4.69) is 10.4 Å². The smallest absolute Gasteiger partial charge is 0.272 e. The van der Waals surface area contributed by atoms with Gasteiger partial charge >= 0.3 is 0 Å². The minimum Gasteiger partial charge on any atom is -0.347 e. The molecule has 1 N–H and O–H groups in total. The molecular weight excluding hydrogens is 380 g/mol. The lowest BCUT2D eigenvalue weighted by Crippen LogP contribution is -2.36. The van der Waals surface area contributed by atoms with E-state index in [0.717, 1.165) is 12.0 Å². The van der Waals surface area contributed by atoms with Crippen molar-refractivity contribution in [3.05, 3.63) is 53.3 Å². The Balaban J connectivity index is 1.49. The standard InChI is InChI=1S/C19H22N4O4S/c24-18(20-15-7-10-28(26,27)13-15)16-11-17-19(25)22(8-4-9-23(17)21-16)12-14-5-2-1-3-6-14/h1-3,5-6,11,15H,4,7-10,12-13H2,(H,20,24). The van der Waals surface area contributed by atoms with E-state index in [1.165, 1.54) is 6.07 Å². The van der Waals surface area contributed by atoms with Gasteiger partial charge in [0.05, 0.1) is 11.5 Å². The molecule has 0 bridgehead atoms. The number of aromatic nitrogens is 2. The zero-order chi connectivity index (χ0) is 19.7. The molecule has 2 aliphatic heterocycles. The minimum absolute atomic E-state index is 0.0455. The van der Waals surface area contributed by atoms with Crippen molar-refractivity contribution in [2.75, 3.05) is 18.1 Å². The van der Waals surface area contributed by atoms with Crippen LogP contribution in [0.1, 0.15) is 39.4 Å². The topological polar surface area (TPSA) is 101 Å². The van der Waals surface area contributed by atoms with Crippen LogP contribution in [-0.2, 0) is 22.9 Å². The molecule has 1 aromatic heterocycles. The quantitative estimate of drug-likeness (QED) is 0.817. The highest BCUT2D eigenvalue weighted by atomic mass is 32.2. The fraction of sp³-hybridized carbons (Fsp3) is 0.421. The maximum Gasteiger partial charge on any atom is 0.272 e. The number of aryl methyl sites for hydroxylation is 1. The molecule has 0 aliphatic carbocycles. The monoisotopic (exact) mass is 402 g/mol. The Kier molecular flexibility index (Phi) is 4.92. The molecule has 28 heavy (non-hydrogen) atoms. The molecule has 8 nitrogen and oxygen atoms in total. The average Bonchev–Trinajstić information content (AvgIpc) is 3.20. The number of carbonyl (C=O) groups is 2. The van der Waals surface area contributed by atoms with E-state index in [1.54, 1.807) is 9.58 Å². The summed E-state index contributed by atoms with van der Waals surface area (Å²) in [5.74, 6) is -0.554. The molecule has 1 saturated heterocycles. The first-order valence-corrected chi connectivity index (χ1v) is 11.2. The van der Waals surface area contributed by atoms with Gasteiger partial charge < -0.3 is 10.2 Å². The van der Waals surface area contributed by atoms with Gasteiger partial charge in [-0.2, -0.15) is 5.10 Å². The van der Waals surface area contributed by atoms with Crippen LogP contribution in [0, 0.1) is 0 Å². The van der Waals surface area contributed by atoms with Crippen molar-refractivity contribution in [1.29, 1.82) is 0 Å². The molecule has 2 aromatic rings. The Bertz CT molecular complexity index is 1000. The normalized spacial score (nSPS) is 21.2. The summed E-state index contributed by atoms with van der Waals surface area (Å²) in [6.45, 7) is 1.68. The number of fused-ring (bicyclic) bond motifs is 1. The molecule has 3 heterocycles. The number of nitrogens with zero attached hydrogens (tertiary/aromatic N) is 3. The van der Waals surface area contributed by atoms with Crippen LogP contribution in [0.2, 0.25) is 0 Å². The molecule has 1 aromatic carbocycles. The van der Waals surface area contributed by atoms with Crippen LogP contribution in [0.4, 0.5) is 0 Å². The summed E-state index contributed by atoms with van der Waals surface area (Å²) in [4.78, 5) is 27.2. The molecule has 148 valence electrons. The Morgan fingerprint density at radius 1 is 1.21 bits per heavy atom. The van der Waals surface area contributed by atoms with Crippen LogP contribution in [0.5, 0.6) is 0 Å². The predicted octanol–water partition coefficient (Wildman–Crippen LogP) is 0.846. The van der Waals surface area contributed by atoms with E-state index in [0.29, 0.717) is 31.7 Å². The van der Waals surface area contributed by atoms with Crippen LogP contribution in [-0.4, -0.2) is 59.0 Å².